The summed E-state index contributed by atoms with van der Waals surface area (Å²) in [7, 11) is 1.74. The summed E-state index contributed by atoms with van der Waals surface area (Å²) in [5, 5.41) is 2.93. The van der Waals surface area contributed by atoms with Gasteiger partial charge in [0.1, 0.15) is 0 Å². The maximum absolute atomic E-state index is 12.2. The summed E-state index contributed by atoms with van der Waals surface area (Å²) in [4.78, 5) is 14.3. The number of nitrogens with zero attached hydrogens (tertiary/aromatic N) is 1. The topological polar surface area (TPSA) is 67.6 Å². The molecule has 0 bridgehead atoms. The first-order chi connectivity index (χ1) is 10.0. The molecule has 1 aromatic carbocycles. The lowest BCUT2D eigenvalue weighted by molar-refractivity contribution is -0.119. The molecule has 1 heterocycles. The van der Waals surface area contributed by atoms with E-state index < -0.39 is 0 Å². The molecule has 116 valence electrons. The van der Waals surface area contributed by atoms with E-state index in [1.807, 2.05) is 24.3 Å². The second-order valence-corrected chi connectivity index (χ2v) is 5.92. The fourth-order valence-electron chi connectivity index (χ4n) is 2.79. The number of carbonyl (C=O) groups excluding carboxylic acids is 1. The Morgan fingerprint density at radius 2 is 2.33 bits per heavy atom. The smallest absolute Gasteiger partial charge is 0.238 e. The van der Waals surface area contributed by atoms with Crippen LogP contribution in [-0.4, -0.2) is 43.2 Å². The van der Waals surface area contributed by atoms with E-state index in [0.29, 0.717) is 13.1 Å². The van der Waals surface area contributed by atoms with Crippen LogP contribution < -0.4 is 11.1 Å². The highest BCUT2D eigenvalue weighted by Gasteiger charge is 2.31. The molecule has 1 amide bonds. The minimum atomic E-state index is -0.141. The van der Waals surface area contributed by atoms with E-state index in [4.69, 9.17) is 10.5 Å². The van der Waals surface area contributed by atoms with Crippen molar-refractivity contribution in [3.63, 3.8) is 0 Å². The molecule has 5 nitrogen and oxygen atoms in total. The van der Waals surface area contributed by atoms with Crippen molar-refractivity contribution in [2.24, 2.45) is 5.73 Å². The van der Waals surface area contributed by atoms with Gasteiger partial charge in [0, 0.05) is 25.9 Å². The van der Waals surface area contributed by atoms with Crippen LogP contribution in [0.25, 0.3) is 0 Å². The molecule has 1 aliphatic heterocycles. The summed E-state index contributed by atoms with van der Waals surface area (Å²) in [6.45, 7) is 4.70. The Labute approximate surface area is 126 Å². The van der Waals surface area contributed by atoms with E-state index in [2.05, 4.69) is 17.1 Å². The van der Waals surface area contributed by atoms with Gasteiger partial charge >= 0.3 is 0 Å². The van der Waals surface area contributed by atoms with E-state index >= 15 is 0 Å². The number of amides is 1. The zero-order valence-corrected chi connectivity index (χ0v) is 12.9. The van der Waals surface area contributed by atoms with E-state index in [1.54, 1.807) is 7.11 Å². The maximum Gasteiger partial charge on any atom is 0.238 e. The van der Waals surface area contributed by atoms with Gasteiger partial charge in [0.15, 0.2) is 0 Å². The fraction of sp³-hybridized carbons (Fsp3) is 0.562. The number of carbonyl (C=O) groups is 1. The molecule has 1 fully saturated rings. The van der Waals surface area contributed by atoms with Crippen molar-refractivity contribution in [2.75, 3.05) is 32.1 Å². The second kappa shape index (κ2) is 7.02. The molecule has 0 saturated carbocycles. The third-order valence-electron chi connectivity index (χ3n) is 4.04. The number of rotatable bonds is 5. The number of hydrogen-bond donors (Lipinski definition) is 2. The van der Waals surface area contributed by atoms with Crippen molar-refractivity contribution in [1.29, 1.82) is 0 Å². The zero-order chi connectivity index (χ0) is 15.3. The molecule has 0 aliphatic carbocycles. The first-order valence-electron chi connectivity index (χ1n) is 7.41. The molecular formula is C16H25N3O2. The van der Waals surface area contributed by atoms with Crippen molar-refractivity contribution >= 4 is 11.6 Å². The first kappa shape index (κ1) is 15.9. The lowest BCUT2D eigenvalue weighted by Crippen LogP contribution is -2.49. The van der Waals surface area contributed by atoms with Crippen molar-refractivity contribution < 1.29 is 9.53 Å². The van der Waals surface area contributed by atoms with Gasteiger partial charge in [-0.3, -0.25) is 9.69 Å². The van der Waals surface area contributed by atoms with E-state index in [-0.39, 0.29) is 11.5 Å². The molecule has 0 radical (unpaired) electrons. The Balaban J connectivity index is 1.89. The van der Waals surface area contributed by atoms with Crippen LogP contribution in [0.1, 0.15) is 25.3 Å². The Morgan fingerprint density at radius 3 is 3.05 bits per heavy atom. The summed E-state index contributed by atoms with van der Waals surface area (Å²) in [5.41, 5.74) is 7.28. The van der Waals surface area contributed by atoms with Gasteiger partial charge in [0.25, 0.3) is 0 Å². The fourth-order valence-corrected chi connectivity index (χ4v) is 2.79. The summed E-state index contributed by atoms with van der Waals surface area (Å²) in [6, 6.07) is 7.64. The van der Waals surface area contributed by atoms with Crippen LogP contribution in [0, 0.1) is 0 Å². The van der Waals surface area contributed by atoms with Crippen molar-refractivity contribution in [1.82, 2.24) is 4.90 Å². The molecule has 1 saturated heterocycles. The molecule has 5 heteroatoms. The van der Waals surface area contributed by atoms with Crippen molar-refractivity contribution in [3.05, 3.63) is 29.8 Å². The SMILES string of the molecule is COC1(C)CCCN(CC(=O)Nc2cccc(CN)c2)C1. The van der Waals surface area contributed by atoms with Gasteiger partial charge in [-0.15, -0.1) is 0 Å². The molecule has 0 spiro atoms. The second-order valence-electron chi connectivity index (χ2n) is 5.92. The highest BCUT2D eigenvalue weighted by atomic mass is 16.5. The molecule has 21 heavy (non-hydrogen) atoms. The van der Waals surface area contributed by atoms with Crippen LogP contribution in [0.4, 0.5) is 5.69 Å². The molecule has 0 aromatic heterocycles. The summed E-state index contributed by atoms with van der Waals surface area (Å²) < 4.78 is 5.55. The molecule has 1 atom stereocenters. The van der Waals surface area contributed by atoms with Crippen LogP contribution in [0.15, 0.2) is 24.3 Å². The van der Waals surface area contributed by atoms with E-state index in [9.17, 15) is 4.79 Å². The first-order valence-corrected chi connectivity index (χ1v) is 7.41. The lowest BCUT2D eigenvalue weighted by Gasteiger charge is -2.39. The van der Waals surface area contributed by atoms with Crippen LogP contribution >= 0.6 is 0 Å². The van der Waals surface area contributed by atoms with Gasteiger partial charge in [-0.2, -0.15) is 0 Å². The Kier molecular flexibility index (Phi) is 5.33. The predicted molar refractivity (Wildman–Crippen MR) is 84.1 cm³/mol. The summed E-state index contributed by atoms with van der Waals surface area (Å²) >= 11 is 0. The van der Waals surface area contributed by atoms with Crippen LogP contribution in [-0.2, 0) is 16.1 Å². The minimum absolute atomic E-state index is 0.00419. The monoisotopic (exact) mass is 291 g/mol. The maximum atomic E-state index is 12.2. The molecule has 1 aromatic rings. The van der Waals surface area contributed by atoms with Crippen molar-refractivity contribution in [3.8, 4) is 0 Å². The van der Waals surface area contributed by atoms with Gasteiger partial charge in [-0.25, -0.2) is 0 Å². The average Bonchev–Trinajstić information content (AvgIpc) is 2.47. The molecule has 2 rings (SSSR count). The Bertz CT molecular complexity index is 492. The Morgan fingerprint density at radius 1 is 1.52 bits per heavy atom. The largest absolute Gasteiger partial charge is 0.377 e. The number of likely N-dealkylation sites (tertiary alicyclic amines) is 1. The number of piperidine rings is 1. The van der Waals surface area contributed by atoms with Gasteiger partial charge in [0.05, 0.1) is 12.1 Å². The zero-order valence-electron chi connectivity index (χ0n) is 12.9. The predicted octanol–water partition coefficient (Wildman–Crippen LogP) is 1.58. The summed E-state index contributed by atoms with van der Waals surface area (Å²) in [6.07, 6.45) is 2.10. The van der Waals surface area contributed by atoms with Gasteiger partial charge in [0.2, 0.25) is 5.91 Å². The standard InChI is InChI=1S/C16H25N3O2/c1-16(21-2)7-4-8-19(12-16)11-15(20)18-14-6-3-5-13(9-14)10-17/h3,5-6,9H,4,7-8,10-12,17H2,1-2H3,(H,18,20). The molecule has 1 aliphatic rings. The number of ether oxygens (including phenoxy) is 1. The Hall–Kier alpha value is -1.43. The molecule has 3 N–H and O–H groups in total. The highest BCUT2D eigenvalue weighted by molar-refractivity contribution is 5.92. The molecule has 1 unspecified atom stereocenters. The number of methoxy groups -OCH3 is 1. The number of hydrogen-bond acceptors (Lipinski definition) is 4. The molecular weight excluding hydrogens is 266 g/mol. The number of nitrogens with two attached hydrogens (primary N) is 1. The number of nitrogens with one attached hydrogen (secondary N) is 1. The average molecular weight is 291 g/mol. The minimum Gasteiger partial charge on any atom is -0.377 e. The summed E-state index contributed by atoms with van der Waals surface area (Å²) in [5.74, 6) is 0.00419. The number of anilines is 1. The number of benzene rings is 1. The quantitative estimate of drug-likeness (QED) is 0.864. The third kappa shape index (κ3) is 4.52. The van der Waals surface area contributed by atoms with Gasteiger partial charge < -0.3 is 15.8 Å². The van der Waals surface area contributed by atoms with Crippen LogP contribution in [0.3, 0.4) is 0 Å². The van der Waals surface area contributed by atoms with Crippen LogP contribution in [0.5, 0.6) is 0 Å². The van der Waals surface area contributed by atoms with Gasteiger partial charge in [-0.1, -0.05) is 12.1 Å². The van der Waals surface area contributed by atoms with E-state index in [0.717, 1.165) is 37.2 Å². The highest BCUT2D eigenvalue weighted by Crippen LogP contribution is 2.23. The van der Waals surface area contributed by atoms with Crippen LogP contribution in [0.2, 0.25) is 0 Å². The van der Waals surface area contributed by atoms with E-state index in [1.165, 1.54) is 0 Å². The van der Waals surface area contributed by atoms with Crippen molar-refractivity contribution in [2.45, 2.75) is 31.9 Å². The normalized spacial score (nSPS) is 23.0. The van der Waals surface area contributed by atoms with Gasteiger partial charge in [-0.05, 0) is 44.0 Å². The third-order valence-corrected chi connectivity index (χ3v) is 4.04. The lowest BCUT2D eigenvalue weighted by atomic mass is 9.95.